The van der Waals surface area contributed by atoms with Crippen LogP contribution in [0.4, 0.5) is 4.79 Å². The largest absolute Gasteiger partial charge is 0.436 e. The standard InChI is InChI=1S/C27H42N4O8S/c1-5-8-9-16(4)12-17(6-2)22(39-26(28)36)24(34)31-15-19(32)13-21(31)23(33)29-27(14-18(27)7-3)25(35)30-40(37,38)20-10-11-20/h5,7,16-22,32H,1,3,6,8-15H2,2,4H3,(H2,28,36)(H,29,33)(H,30,35)/t16?,17?,18?,19-,21?,22?,27?/m1/s1. The van der Waals surface area contributed by atoms with Crippen molar-refractivity contribution in [3.05, 3.63) is 25.3 Å². The van der Waals surface area contributed by atoms with Crippen LogP contribution in [0.2, 0.25) is 0 Å². The monoisotopic (exact) mass is 582 g/mol. The fourth-order valence-corrected chi connectivity index (χ4v) is 6.87. The number of likely N-dealkylation sites (tertiary alicyclic amines) is 1. The van der Waals surface area contributed by atoms with Crippen molar-refractivity contribution < 1.29 is 37.4 Å². The average Bonchev–Trinajstić information content (AvgIpc) is 3.81. The normalized spacial score (nSPS) is 28.1. The molecule has 2 aliphatic carbocycles. The van der Waals surface area contributed by atoms with Crippen LogP contribution in [0.5, 0.6) is 0 Å². The highest BCUT2D eigenvalue weighted by molar-refractivity contribution is 7.91. The van der Waals surface area contributed by atoms with E-state index in [1.54, 1.807) is 6.08 Å². The van der Waals surface area contributed by atoms with E-state index in [4.69, 9.17) is 10.5 Å². The second-order valence-electron chi connectivity index (χ2n) is 11.3. The lowest BCUT2D eigenvalue weighted by atomic mass is 9.86. The molecule has 1 saturated heterocycles. The molecular weight excluding hydrogens is 540 g/mol. The number of nitrogens with two attached hydrogens (primary N) is 1. The van der Waals surface area contributed by atoms with Crippen molar-refractivity contribution in [3.8, 4) is 0 Å². The first kappa shape index (κ1) is 31.6. The van der Waals surface area contributed by atoms with E-state index in [1.807, 2.05) is 13.8 Å². The number of ether oxygens (including phenoxy) is 1. The fraction of sp³-hybridized carbons (Fsp3) is 0.704. The molecule has 0 spiro atoms. The lowest BCUT2D eigenvalue weighted by Gasteiger charge is -2.33. The second kappa shape index (κ2) is 12.7. The van der Waals surface area contributed by atoms with Crippen LogP contribution in [0.3, 0.4) is 0 Å². The van der Waals surface area contributed by atoms with Crippen LogP contribution >= 0.6 is 0 Å². The Bertz CT molecular complexity index is 1120. The number of hydrogen-bond acceptors (Lipinski definition) is 8. The van der Waals surface area contributed by atoms with Gasteiger partial charge in [0.05, 0.1) is 11.4 Å². The maximum atomic E-state index is 13.8. The average molecular weight is 583 g/mol. The zero-order valence-corrected chi connectivity index (χ0v) is 24.0. The van der Waals surface area contributed by atoms with Crippen molar-refractivity contribution >= 4 is 33.8 Å². The summed E-state index contributed by atoms with van der Waals surface area (Å²) in [5.74, 6) is -2.95. The molecular formula is C27H42N4O8S. The van der Waals surface area contributed by atoms with Crippen LogP contribution in [0.1, 0.15) is 65.2 Å². The molecule has 0 aromatic heterocycles. The van der Waals surface area contributed by atoms with Crippen molar-refractivity contribution in [1.82, 2.24) is 14.9 Å². The number of aliphatic hydroxyl groups excluding tert-OH is 1. The number of amides is 4. The molecule has 12 nitrogen and oxygen atoms in total. The van der Waals surface area contributed by atoms with Crippen molar-refractivity contribution in [2.45, 2.75) is 94.3 Å². The van der Waals surface area contributed by atoms with Crippen molar-refractivity contribution in [2.24, 2.45) is 23.5 Å². The van der Waals surface area contributed by atoms with Crippen LogP contribution < -0.4 is 15.8 Å². The Balaban J connectivity index is 1.79. The minimum atomic E-state index is -3.86. The summed E-state index contributed by atoms with van der Waals surface area (Å²) in [6, 6.07) is -1.17. The molecule has 0 radical (unpaired) electrons. The number of carbonyl (C=O) groups excluding carboxylic acids is 4. The third-order valence-corrected chi connectivity index (χ3v) is 9.94. The maximum absolute atomic E-state index is 13.8. The quantitative estimate of drug-likeness (QED) is 0.207. The number of rotatable bonds is 15. The number of nitrogens with zero attached hydrogens (tertiary/aromatic N) is 1. The topological polar surface area (TPSA) is 185 Å². The number of aliphatic hydroxyl groups is 1. The lowest BCUT2D eigenvalue weighted by Crippen LogP contribution is -2.58. The molecule has 0 bridgehead atoms. The molecule has 6 unspecified atom stereocenters. The van der Waals surface area contributed by atoms with Gasteiger partial charge in [0, 0.05) is 24.8 Å². The summed E-state index contributed by atoms with van der Waals surface area (Å²) < 4.78 is 32.1. The number of primary amides is 1. The minimum absolute atomic E-state index is 0.107. The summed E-state index contributed by atoms with van der Waals surface area (Å²) in [6.07, 6.45) is 3.47. The van der Waals surface area contributed by atoms with E-state index < -0.39 is 68.8 Å². The number of allylic oxidation sites excluding steroid dienone is 1. The van der Waals surface area contributed by atoms with Gasteiger partial charge in [0.15, 0.2) is 6.10 Å². The van der Waals surface area contributed by atoms with Gasteiger partial charge in [-0.2, -0.15) is 0 Å². The first-order valence-corrected chi connectivity index (χ1v) is 15.4. The molecule has 0 aromatic rings. The summed E-state index contributed by atoms with van der Waals surface area (Å²) in [5, 5.41) is 12.4. The molecule has 40 heavy (non-hydrogen) atoms. The van der Waals surface area contributed by atoms with Gasteiger partial charge >= 0.3 is 6.09 Å². The van der Waals surface area contributed by atoms with E-state index in [0.717, 1.165) is 17.7 Å². The Hall–Kier alpha value is -2.93. The number of carbonyl (C=O) groups is 4. The molecule has 0 aromatic carbocycles. The zero-order valence-electron chi connectivity index (χ0n) is 23.2. The highest BCUT2D eigenvalue weighted by Gasteiger charge is 2.62. The van der Waals surface area contributed by atoms with Gasteiger partial charge in [-0.05, 0) is 50.9 Å². The summed E-state index contributed by atoms with van der Waals surface area (Å²) in [4.78, 5) is 53.2. The highest BCUT2D eigenvalue weighted by atomic mass is 32.2. The molecule has 5 N–H and O–H groups in total. The number of hydrogen-bond donors (Lipinski definition) is 4. The summed E-state index contributed by atoms with van der Waals surface area (Å²) in [5.41, 5.74) is 3.78. The van der Waals surface area contributed by atoms with Gasteiger partial charge in [-0.3, -0.25) is 19.1 Å². The molecule has 224 valence electrons. The highest BCUT2D eigenvalue weighted by Crippen LogP contribution is 2.45. The minimum Gasteiger partial charge on any atom is -0.436 e. The second-order valence-corrected chi connectivity index (χ2v) is 13.3. The lowest BCUT2D eigenvalue weighted by molar-refractivity contribution is -0.148. The Kier molecular flexibility index (Phi) is 10.0. The predicted molar refractivity (Wildman–Crippen MR) is 147 cm³/mol. The summed E-state index contributed by atoms with van der Waals surface area (Å²) in [7, 11) is -3.86. The van der Waals surface area contributed by atoms with E-state index >= 15 is 0 Å². The van der Waals surface area contributed by atoms with Gasteiger partial charge in [0.25, 0.3) is 11.8 Å². The molecule has 1 heterocycles. The Labute approximate surface area is 235 Å². The smallest absolute Gasteiger partial charge is 0.405 e. The molecule has 4 amide bonds. The van der Waals surface area contributed by atoms with E-state index in [1.165, 1.54) is 6.08 Å². The predicted octanol–water partition coefficient (Wildman–Crippen LogP) is 1.10. The Morgan fingerprint density at radius 1 is 1.25 bits per heavy atom. The van der Waals surface area contributed by atoms with Gasteiger partial charge in [-0.15, -0.1) is 13.2 Å². The first-order chi connectivity index (χ1) is 18.8. The van der Waals surface area contributed by atoms with E-state index in [2.05, 4.69) is 23.2 Å². The summed E-state index contributed by atoms with van der Waals surface area (Å²) in [6.45, 7) is 11.1. The van der Waals surface area contributed by atoms with E-state index in [0.29, 0.717) is 25.7 Å². The van der Waals surface area contributed by atoms with Crippen molar-refractivity contribution in [2.75, 3.05) is 6.54 Å². The third-order valence-electron chi connectivity index (χ3n) is 8.12. The Morgan fingerprint density at radius 2 is 1.93 bits per heavy atom. The number of sulfonamides is 1. The molecule has 7 atom stereocenters. The molecule has 13 heteroatoms. The van der Waals surface area contributed by atoms with E-state index in [-0.39, 0.29) is 31.2 Å². The SMILES string of the molecule is C=CCCC(C)CC(CC)C(OC(N)=O)C(=O)N1C[C@H](O)CC1C(=O)NC1(C(=O)NS(=O)(=O)C2CC2)CC1C=C. The molecule has 3 aliphatic rings. The molecule has 3 rings (SSSR count). The molecule has 1 aliphatic heterocycles. The fourth-order valence-electron chi connectivity index (χ4n) is 5.50. The van der Waals surface area contributed by atoms with Crippen LogP contribution in [-0.2, 0) is 29.1 Å². The number of nitrogens with one attached hydrogen (secondary N) is 2. The van der Waals surface area contributed by atoms with Gasteiger partial charge in [0.2, 0.25) is 15.9 Å². The van der Waals surface area contributed by atoms with Gasteiger partial charge in [-0.1, -0.05) is 26.0 Å². The molecule has 2 saturated carbocycles. The summed E-state index contributed by atoms with van der Waals surface area (Å²) >= 11 is 0. The zero-order chi connectivity index (χ0) is 29.8. The van der Waals surface area contributed by atoms with Gasteiger partial charge in [-0.25, -0.2) is 13.2 Å². The first-order valence-electron chi connectivity index (χ1n) is 13.9. The Morgan fingerprint density at radius 3 is 2.45 bits per heavy atom. The van der Waals surface area contributed by atoms with E-state index in [9.17, 15) is 32.7 Å². The van der Waals surface area contributed by atoms with Crippen LogP contribution in [0, 0.1) is 17.8 Å². The van der Waals surface area contributed by atoms with Crippen LogP contribution in [-0.4, -0.2) is 77.8 Å². The van der Waals surface area contributed by atoms with Gasteiger partial charge in [0.1, 0.15) is 11.6 Å². The van der Waals surface area contributed by atoms with Crippen molar-refractivity contribution in [1.29, 1.82) is 0 Å². The molecule has 3 fully saturated rings. The van der Waals surface area contributed by atoms with Crippen molar-refractivity contribution in [3.63, 3.8) is 0 Å². The van der Waals surface area contributed by atoms with Crippen LogP contribution in [0.25, 0.3) is 0 Å². The maximum Gasteiger partial charge on any atom is 0.405 e. The van der Waals surface area contributed by atoms with Crippen LogP contribution in [0.15, 0.2) is 25.3 Å². The van der Waals surface area contributed by atoms with Gasteiger partial charge < -0.3 is 25.8 Å². The number of β-amino-alcohol motifs (C(OH)–C–C–N with tert-alkyl or cyclic N) is 1. The third kappa shape index (κ3) is 7.22.